The van der Waals surface area contributed by atoms with Gasteiger partial charge in [0.05, 0.1) is 0 Å². The van der Waals surface area contributed by atoms with Crippen LogP contribution < -0.4 is 20.9 Å². The fraction of sp³-hybridized carbons (Fsp3) is 0.348. The molecule has 0 aliphatic rings. The molecular weight excluding hydrogens is 382 g/mol. The third kappa shape index (κ3) is 6.62. The fourth-order valence-electron chi connectivity index (χ4n) is 2.47. The van der Waals surface area contributed by atoms with Gasteiger partial charge in [0.25, 0.3) is 11.8 Å². The van der Waals surface area contributed by atoms with Gasteiger partial charge >= 0.3 is 0 Å². The van der Waals surface area contributed by atoms with Crippen LogP contribution in [0.25, 0.3) is 0 Å². The van der Waals surface area contributed by atoms with E-state index in [0.717, 1.165) is 0 Å². The number of carbonyl (C=O) groups excluding carboxylic acids is 3. The van der Waals surface area contributed by atoms with E-state index in [1.807, 2.05) is 24.3 Å². The molecule has 0 heterocycles. The standard InChI is InChI=1S/C23H29N3O4/c1-14(2)17-8-12-20(13-9-17)30-16(5)22(28)25-26-23(29)18-6-10-19(11-7-18)24-21(27)15(3)4/h6-16H,1-5H3,(H,24,27)(H,25,28)(H,26,29). The monoisotopic (exact) mass is 411 g/mol. The summed E-state index contributed by atoms with van der Waals surface area (Å²) in [5.41, 5.74) is 6.84. The molecular formula is C23H29N3O4. The number of rotatable bonds is 7. The average Bonchev–Trinajstić information content (AvgIpc) is 2.72. The van der Waals surface area contributed by atoms with Gasteiger partial charge in [0.2, 0.25) is 5.91 Å². The van der Waals surface area contributed by atoms with Crippen LogP contribution in [0.15, 0.2) is 48.5 Å². The van der Waals surface area contributed by atoms with E-state index in [2.05, 4.69) is 30.0 Å². The minimum atomic E-state index is -0.788. The summed E-state index contributed by atoms with van der Waals surface area (Å²) in [4.78, 5) is 36.1. The summed E-state index contributed by atoms with van der Waals surface area (Å²) in [6.07, 6.45) is -0.788. The largest absolute Gasteiger partial charge is 0.481 e. The first-order valence-electron chi connectivity index (χ1n) is 9.95. The molecule has 3 N–H and O–H groups in total. The third-order valence-electron chi connectivity index (χ3n) is 4.47. The summed E-state index contributed by atoms with van der Waals surface area (Å²) in [5.74, 6) is -0.202. The Balaban J connectivity index is 1.84. The molecule has 0 bridgehead atoms. The van der Waals surface area contributed by atoms with Crippen LogP contribution in [0.4, 0.5) is 5.69 Å². The maximum atomic E-state index is 12.2. The van der Waals surface area contributed by atoms with Crippen LogP contribution in [-0.2, 0) is 9.59 Å². The van der Waals surface area contributed by atoms with Crippen molar-refractivity contribution >= 4 is 23.4 Å². The second-order valence-electron chi connectivity index (χ2n) is 7.65. The topological polar surface area (TPSA) is 96.5 Å². The van der Waals surface area contributed by atoms with E-state index in [0.29, 0.717) is 22.9 Å². The molecule has 0 fully saturated rings. The Hall–Kier alpha value is -3.35. The Morgan fingerprint density at radius 2 is 1.37 bits per heavy atom. The molecule has 0 radical (unpaired) electrons. The molecule has 160 valence electrons. The first kappa shape index (κ1) is 22.9. The zero-order chi connectivity index (χ0) is 22.3. The summed E-state index contributed by atoms with van der Waals surface area (Å²) in [7, 11) is 0. The normalized spacial score (nSPS) is 11.7. The van der Waals surface area contributed by atoms with Crippen LogP contribution in [0.1, 0.15) is 56.5 Å². The first-order chi connectivity index (χ1) is 14.2. The van der Waals surface area contributed by atoms with E-state index >= 15 is 0 Å². The predicted octanol–water partition coefficient (Wildman–Crippen LogP) is 3.63. The van der Waals surface area contributed by atoms with Crippen molar-refractivity contribution in [1.29, 1.82) is 0 Å². The van der Waals surface area contributed by atoms with Gasteiger partial charge in [0.1, 0.15) is 5.75 Å². The molecule has 2 rings (SSSR count). The molecule has 0 aliphatic carbocycles. The van der Waals surface area contributed by atoms with E-state index in [9.17, 15) is 14.4 Å². The molecule has 0 aromatic heterocycles. The fourth-order valence-corrected chi connectivity index (χ4v) is 2.47. The lowest BCUT2D eigenvalue weighted by Crippen LogP contribution is -2.47. The molecule has 30 heavy (non-hydrogen) atoms. The molecule has 7 nitrogen and oxygen atoms in total. The van der Waals surface area contributed by atoms with Crippen LogP contribution in [0.3, 0.4) is 0 Å². The Labute approximate surface area is 177 Å². The Morgan fingerprint density at radius 1 is 0.767 bits per heavy atom. The molecule has 0 saturated carbocycles. The smallest absolute Gasteiger partial charge is 0.279 e. The summed E-state index contributed by atoms with van der Waals surface area (Å²) in [5, 5.41) is 2.75. The predicted molar refractivity (Wildman–Crippen MR) is 116 cm³/mol. The number of hydrogen-bond acceptors (Lipinski definition) is 4. The molecule has 1 atom stereocenters. The lowest BCUT2D eigenvalue weighted by atomic mass is 10.0. The van der Waals surface area contributed by atoms with Gasteiger partial charge in [-0.25, -0.2) is 0 Å². The van der Waals surface area contributed by atoms with E-state index in [-0.39, 0.29) is 11.8 Å². The van der Waals surface area contributed by atoms with Crippen molar-refractivity contribution in [2.24, 2.45) is 5.92 Å². The minimum Gasteiger partial charge on any atom is -0.481 e. The Kier molecular flexibility index (Phi) is 7.98. The molecule has 0 aliphatic heterocycles. The number of benzene rings is 2. The van der Waals surface area contributed by atoms with E-state index in [1.165, 1.54) is 5.56 Å². The quantitative estimate of drug-likeness (QED) is 0.606. The van der Waals surface area contributed by atoms with Crippen LogP contribution in [-0.4, -0.2) is 23.8 Å². The highest BCUT2D eigenvalue weighted by molar-refractivity contribution is 5.97. The third-order valence-corrected chi connectivity index (χ3v) is 4.47. The molecule has 1 unspecified atom stereocenters. The van der Waals surface area contributed by atoms with Crippen molar-refractivity contribution in [2.75, 3.05) is 5.32 Å². The van der Waals surface area contributed by atoms with Crippen molar-refractivity contribution < 1.29 is 19.1 Å². The molecule has 0 saturated heterocycles. The Bertz CT molecular complexity index is 874. The highest BCUT2D eigenvalue weighted by Crippen LogP contribution is 2.19. The maximum Gasteiger partial charge on any atom is 0.279 e. The van der Waals surface area contributed by atoms with Crippen molar-refractivity contribution in [2.45, 2.75) is 46.6 Å². The lowest BCUT2D eigenvalue weighted by molar-refractivity contribution is -0.128. The van der Waals surface area contributed by atoms with Crippen LogP contribution in [0.5, 0.6) is 5.75 Å². The van der Waals surface area contributed by atoms with Gasteiger partial charge in [-0.1, -0.05) is 39.8 Å². The van der Waals surface area contributed by atoms with Crippen molar-refractivity contribution in [1.82, 2.24) is 10.9 Å². The maximum absolute atomic E-state index is 12.2. The van der Waals surface area contributed by atoms with Crippen molar-refractivity contribution in [3.63, 3.8) is 0 Å². The van der Waals surface area contributed by atoms with Gasteiger partial charge in [-0.05, 0) is 54.8 Å². The molecule has 0 spiro atoms. The van der Waals surface area contributed by atoms with Gasteiger partial charge in [-0.2, -0.15) is 0 Å². The lowest BCUT2D eigenvalue weighted by Gasteiger charge is -2.16. The minimum absolute atomic E-state index is 0.104. The molecule has 2 aromatic carbocycles. The Morgan fingerprint density at radius 3 is 1.90 bits per heavy atom. The number of anilines is 1. The zero-order valence-electron chi connectivity index (χ0n) is 18.0. The van der Waals surface area contributed by atoms with E-state index < -0.39 is 17.9 Å². The summed E-state index contributed by atoms with van der Waals surface area (Å²) in [6, 6.07) is 13.9. The van der Waals surface area contributed by atoms with Gasteiger partial charge in [0, 0.05) is 17.2 Å². The van der Waals surface area contributed by atoms with Crippen LogP contribution in [0.2, 0.25) is 0 Å². The highest BCUT2D eigenvalue weighted by atomic mass is 16.5. The summed E-state index contributed by atoms with van der Waals surface area (Å²) < 4.78 is 5.62. The second-order valence-corrected chi connectivity index (χ2v) is 7.65. The van der Waals surface area contributed by atoms with Gasteiger partial charge in [-0.3, -0.25) is 25.2 Å². The van der Waals surface area contributed by atoms with Crippen LogP contribution >= 0.6 is 0 Å². The van der Waals surface area contributed by atoms with E-state index in [1.54, 1.807) is 45.0 Å². The second kappa shape index (κ2) is 10.4. The van der Waals surface area contributed by atoms with Crippen molar-refractivity contribution in [3.05, 3.63) is 59.7 Å². The number of amides is 3. The number of nitrogens with one attached hydrogen (secondary N) is 3. The number of hydrogen-bond donors (Lipinski definition) is 3. The van der Waals surface area contributed by atoms with Gasteiger partial charge in [-0.15, -0.1) is 0 Å². The summed E-state index contributed by atoms with van der Waals surface area (Å²) >= 11 is 0. The first-order valence-corrected chi connectivity index (χ1v) is 9.95. The van der Waals surface area contributed by atoms with E-state index in [4.69, 9.17) is 4.74 Å². The van der Waals surface area contributed by atoms with Gasteiger partial charge in [0.15, 0.2) is 6.10 Å². The SMILES string of the molecule is CC(C)C(=O)Nc1ccc(C(=O)NNC(=O)C(C)Oc2ccc(C(C)C)cc2)cc1. The average molecular weight is 412 g/mol. The molecule has 2 aromatic rings. The zero-order valence-corrected chi connectivity index (χ0v) is 18.0. The van der Waals surface area contributed by atoms with Gasteiger partial charge < -0.3 is 10.1 Å². The van der Waals surface area contributed by atoms with Crippen LogP contribution in [0, 0.1) is 5.92 Å². The highest BCUT2D eigenvalue weighted by Gasteiger charge is 2.16. The molecule has 7 heteroatoms. The molecule has 3 amide bonds. The summed E-state index contributed by atoms with van der Waals surface area (Å²) in [6.45, 7) is 9.40. The van der Waals surface area contributed by atoms with Crippen molar-refractivity contribution in [3.8, 4) is 5.75 Å². The number of carbonyl (C=O) groups is 3. The number of hydrazine groups is 1. The number of ether oxygens (including phenoxy) is 1.